The van der Waals surface area contributed by atoms with Crippen LogP contribution in [0.1, 0.15) is 50.7 Å². The number of carbonyl (C=O) groups is 5. The van der Waals surface area contributed by atoms with Gasteiger partial charge in [-0.2, -0.15) is 0 Å². The fourth-order valence-electron chi connectivity index (χ4n) is 5.69. The highest BCUT2D eigenvalue weighted by Gasteiger charge is 2.29. The molecule has 0 heterocycles. The zero-order chi connectivity index (χ0) is 42.7. The summed E-state index contributed by atoms with van der Waals surface area (Å²) in [7, 11) is 0. The molecule has 59 heavy (non-hydrogen) atoms. The SMILES string of the molecule is CC(C)(C)OC(=O)[C@H](CCC(=O)NCCOCCN=[N+]=[N-])NC(=O)COCCOCCNC(=O)COCCOCCNC(=O)OCC1c2ccccc2-c2ccccc21. The summed E-state index contributed by atoms with van der Waals surface area (Å²) in [6.07, 6.45) is -0.573. The van der Waals surface area contributed by atoms with Crippen LogP contribution in [0.5, 0.6) is 0 Å². The third kappa shape index (κ3) is 19.8. The van der Waals surface area contributed by atoms with Crippen LogP contribution in [-0.4, -0.2) is 140 Å². The summed E-state index contributed by atoms with van der Waals surface area (Å²) in [5.41, 5.74) is 12.1. The first-order valence-electron chi connectivity index (χ1n) is 19.5. The highest BCUT2D eigenvalue weighted by Crippen LogP contribution is 2.44. The van der Waals surface area contributed by atoms with Gasteiger partial charge in [0.15, 0.2) is 0 Å². The second kappa shape index (κ2) is 27.4. The van der Waals surface area contributed by atoms with Crippen LogP contribution in [0.3, 0.4) is 0 Å². The number of hydrogen-bond donors (Lipinski definition) is 4. The first-order valence-corrected chi connectivity index (χ1v) is 19.5. The monoisotopic (exact) mass is 827 g/mol. The van der Waals surface area contributed by atoms with Gasteiger partial charge < -0.3 is 54.4 Å². The molecule has 2 aromatic carbocycles. The number of esters is 1. The number of nitrogens with zero attached hydrogens (tertiary/aromatic N) is 3. The van der Waals surface area contributed by atoms with Gasteiger partial charge in [0.05, 0.1) is 52.9 Å². The fraction of sp³-hybridized carbons (Fsp3) is 0.575. The minimum atomic E-state index is -1.07. The first-order chi connectivity index (χ1) is 28.5. The Balaban J connectivity index is 1.15. The van der Waals surface area contributed by atoms with Crippen LogP contribution >= 0.6 is 0 Å². The molecule has 1 atom stereocenters. The molecule has 0 saturated heterocycles. The molecule has 0 fully saturated rings. The molecule has 2 aromatic rings. The largest absolute Gasteiger partial charge is 0.458 e. The fourth-order valence-corrected chi connectivity index (χ4v) is 5.69. The van der Waals surface area contributed by atoms with Crippen LogP contribution in [0.2, 0.25) is 0 Å². The summed E-state index contributed by atoms with van der Waals surface area (Å²) >= 11 is 0. The molecule has 0 unspecified atom stereocenters. The lowest BCUT2D eigenvalue weighted by molar-refractivity contribution is -0.159. The van der Waals surface area contributed by atoms with Crippen molar-refractivity contribution in [1.29, 1.82) is 0 Å². The van der Waals surface area contributed by atoms with Crippen LogP contribution in [-0.2, 0) is 52.3 Å². The highest BCUT2D eigenvalue weighted by atomic mass is 16.6. The van der Waals surface area contributed by atoms with Crippen molar-refractivity contribution in [2.24, 2.45) is 5.11 Å². The second-order valence-corrected chi connectivity index (χ2v) is 14.0. The molecule has 1 aliphatic carbocycles. The molecule has 19 nitrogen and oxygen atoms in total. The summed E-state index contributed by atoms with van der Waals surface area (Å²) in [5, 5.41) is 13.9. The first kappa shape index (κ1) is 48.1. The zero-order valence-corrected chi connectivity index (χ0v) is 34.0. The number of benzene rings is 2. The zero-order valence-electron chi connectivity index (χ0n) is 34.0. The van der Waals surface area contributed by atoms with Gasteiger partial charge >= 0.3 is 12.1 Å². The molecule has 1 aliphatic rings. The van der Waals surface area contributed by atoms with Crippen molar-refractivity contribution in [2.45, 2.75) is 51.2 Å². The molecule has 0 aromatic heterocycles. The van der Waals surface area contributed by atoms with E-state index >= 15 is 0 Å². The van der Waals surface area contributed by atoms with Gasteiger partial charge in [0.2, 0.25) is 17.7 Å². The summed E-state index contributed by atoms with van der Waals surface area (Å²) in [4.78, 5) is 64.4. The maximum absolute atomic E-state index is 12.7. The molecule has 0 bridgehead atoms. The summed E-state index contributed by atoms with van der Waals surface area (Å²) in [6, 6.07) is 15.2. The van der Waals surface area contributed by atoms with E-state index in [2.05, 4.69) is 55.6 Å². The van der Waals surface area contributed by atoms with Crippen molar-refractivity contribution in [2.75, 3.05) is 98.9 Å². The lowest BCUT2D eigenvalue weighted by Crippen LogP contribution is -2.46. The van der Waals surface area contributed by atoms with Gasteiger partial charge in [-0.15, -0.1) is 0 Å². The number of azide groups is 1. The molecule has 0 radical (unpaired) electrons. The number of alkyl carbamates (subject to hydrolysis) is 1. The van der Waals surface area contributed by atoms with Gasteiger partial charge in [-0.1, -0.05) is 53.6 Å². The quantitative estimate of drug-likeness (QED) is 0.0304. The van der Waals surface area contributed by atoms with Crippen molar-refractivity contribution >= 4 is 29.8 Å². The predicted molar refractivity (Wildman–Crippen MR) is 214 cm³/mol. The van der Waals surface area contributed by atoms with Gasteiger partial charge in [0, 0.05) is 43.4 Å². The van der Waals surface area contributed by atoms with E-state index in [1.54, 1.807) is 20.8 Å². The van der Waals surface area contributed by atoms with E-state index in [-0.39, 0.29) is 129 Å². The van der Waals surface area contributed by atoms with Gasteiger partial charge in [-0.05, 0) is 55.0 Å². The Bertz CT molecular complexity index is 1640. The maximum atomic E-state index is 12.7. The highest BCUT2D eigenvalue weighted by molar-refractivity contribution is 5.86. The van der Waals surface area contributed by atoms with Crippen LogP contribution in [0.25, 0.3) is 21.6 Å². The molecule has 3 rings (SSSR count). The van der Waals surface area contributed by atoms with Gasteiger partial charge in [-0.3, -0.25) is 14.4 Å². The topological polar surface area (TPSA) is 247 Å². The number of carbonyl (C=O) groups excluding carboxylic acids is 5. The normalized spacial score (nSPS) is 12.3. The van der Waals surface area contributed by atoms with Gasteiger partial charge in [-0.25, -0.2) is 9.59 Å². The standard InChI is InChI=1S/C40H57N7O12/c1-40(2,3)59-38(51)34(12-13-35(48)42-14-18-53-21-17-45-47-41)46-37(50)28-57-25-23-54-19-15-43-36(49)27-56-24-22-55-20-16-44-39(52)58-26-33-31-10-6-4-8-29(31)30-9-5-7-11-32(30)33/h4-11,33-34H,12-28H2,1-3H3,(H,42,48)(H,43,49)(H,44,52)(H,46,50)/t34-/m0/s1. The molecular weight excluding hydrogens is 770 g/mol. The molecule has 0 aliphatic heterocycles. The smallest absolute Gasteiger partial charge is 0.407 e. The lowest BCUT2D eigenvalue weighted by atomic mass is 9.98. The van der Waals surface area contributed by atoms with Crippen molar-refractivity contribution in [3.05, 3.63) is 70.1 Å². The molecule has 0 spiro atoms. The van der Waals surface area contributed by atoms with Crippen molar-refractivity contribution < 1.29 is 57.1 Å². The van der Waals surface area contributed by atoms with E-state index in [1.165, 1.54) is 0 Å². The number of hydrogen-bond acceptors (Lipinski definition) is 13. The number of nitrogens with one attached hydrogen (secondary N) is 4. The van der Waals surface area contributed by atoms with Gasteiger partial charge in [0.25, 0.3) is 0 Å². The predicted octanol–water partition coefficient (Wildman–Crippen LogP) is 2.76. The minimum Gasteiger partial charge on any atom is -0.458 e. The Hall–Kier alpha value is -5.30. The summed E-state index contributed by atoms with van der Waals surface area (Å²) in [5.74, 6) is -1.94. The van der Waals surface area contributed by atoms with Gasteiger partial charge in [0.1, 0.15) is 31.5 Å². The molecule has 0 saturated carbocycles. The van der Waals surface area contributed by atoms with E-state index in [4.69, 9.17) is 38.7 Å². The van der Waals surface area contributed by atoms with Crippen molar-refractivity contribution in [1.82, 2.24) is 21.3 Å². The van der Waals surface area contributed by atoms with E-state index < -0.39 is 29.6 Å². The van der Waals surface area contributed by atoms with Crippen LogP contribution < -0.4 is 21.3 Å². The Morgan fingerprint density at radius 1 is 0.695 bits per heavy atom. The molecule has 19 heteroatoms. The van der Waals surface area contributed by atoms with E-state index in [0.717, 1.165) is 22.3 Å². The minimum absolute atomic E-state index is 0.00309. The molecular formula is C40H57N7O12. The van der Waals surface area contributed by atoms with E-state index in [9.17, 15) is 24.0 Å². The van der Waals surface area contributed by atoms with Crippen molar-refractivity contribution in [3.63, 3.8) is 0 Å². The summed E-state index contributed by atoms with van der Waals surface area (Å²) in [6.45, 7) is 7.25. The molecule has 4 amide bonds. The lowest BCUT2D eigenvalue weighted by Gasteiger charge is -2.24. The Morgan fingerprint density at radius 2 is 1.22 bits per heavy atom. The average Bonchev–Trinajstić information content (AvgIpc) is 3.52. The Labute approximate surface area is 344 Å². The van der Waals surface area contributed by atoms with Crippen LogP contribution in [0, 0.1) is 0 Å². The number of ether oxygens (including phenoxy) is 7. The number of rotatable bonds is 29. The Morgan fingerprint density at radius 3 is 1.81 bits per heavy atom. The van der Waals surface area contributed by atoms with Crippen molar-refractivity contribution in [3.8, 4) is 11.1 Å². The molecule has 324 valence electrons. The third-order valence-corrected chi connectivity index (χ3v) is 8.29. The number of fused-ring (bicyclic) bond motifs is 3. The summed E-state index contributed by atoms with van der Waals surface area (Å²) < 4.78 is 37.7. The van der Waals surface area contributed by atoms with E-state index in [0.29, 0.717) is 0 Å². The number of amides is 4. The molecule has 4 N–H and O–H groups in total. The van der Waals surface area contributed by atoms with Crippen LogP contribution in [0.15, 0.2) is 53.6 Å². The second-order valence-electron chi connectivity index (χ2n) is 14.0. The third-order valence-electron chi connectivity index (χ3n) is 8.29. The van der Waals surface area contributed by atoms with Crippen LogP contribution in [0.4, 0.5) is 4.79 Å². The average molecular weight is 828 g/mol. The maximum Gasteiger partial charge on any atom is 0.407 e. The van der Waals surface area contributed by atoms with E-state index in [1.807, 2.05) is 24.3 Å². The Kier molecular flexibility index (Phi) is 22.3.